The molecule has 23 heavy (non-hydrogen) atoms. The van der Waals surface area contributed by atoms with Crippen LogP contribution in [-0.2, 0) is 10.1 Å². The molecule has 5 nitrogen and oxygen atoms in total. The van der Waals surface area contributed by atoms with E-state index in [1.807, 2.05) is 0 Å². The Hall–Kier alpha value is -0.520. The Morgan fingerprint density at radius 1 is 1.17 bits per heavy atom. The third-order valence-corrected chi connectivity index (χ3v) is 4.23. The second kappa shape index (κ2) is 7.58. The normalized spacial score (nSPS) is 14.0. The molecule has 0 fully saturated rings. The van der Waals surface area contributed by atoms with Gasteiger partial charge < -0.3 is 9.47 Å². The highest BCUT2D eigenvalue weighted by molar-refractivity contribution is 9.11. The Labute approximate surface area is 148 Å². The maximum absolute atomic E-state index is 12.8. The van der Waals surface area contributed by atoms with Crippen molar-refractivity contribution in [1.82, 2.24) is 0 Å². The molecule has 1 aromatic carbocycles. The van der Waals surface area contributed by atoms with E-state index in [1.54, 1.807) is 13.8 Å². The van der Waals surface area contributed by atoms with Crippen LogP contribution < -0.4 is 9.47 Å². The highest BCUT2D eigenvalue weighted by atomic mass is 79.9. The second-order valence-corrected chi connectivity index (χ2v) is 7.99. The third-order valence-electron chi connectivity index (χ3n) is 2.33. The van der Waals surface area contributed by atoms with Gasteiger partial charge in [-0.2, -0.15) is 21.6 Å². The number of halogens is 5. The number of hydrogen-bond donors (Lipinski definition) is 1. The van der Waals surface area contributed by atoms with Crippen molar-refractivity contribution >= 4 is 42.0 Å². The first kappa shape index (κ1) is 20.5. The molecule has 0 saturated heterocycles. The van der Waals surface area contributed by atoms with Crippen LogP contribution in [0.25, 0.3) is 0 Å². The van der Waals surface area contributed by atoms with Crippen LogP contribution >= 0.6 is 31.9 Å². The van der Waals surface area contributed by atoms with Crippen LogP contribution in [0.1, 0.15) is 13.8 Å². The summed E-state index contributed by atoms with van der Waals surface area (Å²) in [7, 11) is -4.86. The van der Waals surface area contributed by atoms with Crippen molar-refractivity contribution in [2.75, 3.05) is 5.75 Å². The minimum Gasteiger partial charge on any atom is -0.489 e. The fraction of sp³-hybridized carbons (Fsp3) is 0.500. The van der Waals surface area contributed by atoms with Crippen LogP contribution in [0.15, 0.2) is 21.1 Å². The highest BCUT2D eigenvalue weighted by Gasteiger charge is 2.44. The molecule has 0 heterocycles. The molecule has 0 radical (unpaired) electrons. The van der Waals surface area contributed by atoms with E-state index < -0.39 is 28.2 Å². The zero-order valence-corrected chi connectivity index (χ0v) is 15.9. The van der Waals surface area contributed by atoms with Gasteiger partial charge in [0.25, 0.3) is 10.1 Å². The summed E-state index contributed by atoms with van der Waals surface area (Å²) in [5, 5.41) is 0. The molecule has 1 unspecified atom stereocenters. The first-order valence-electron chi connectivity index (χ1n) is 6.14. The van der Waals surface area contributed by atoms with Crippen molar-refractivity contribution in [2.45, 2.75) is 32.2 Å². The Morgan fingerprint density at radius 2 is 1.65 bits per heavy atom. The lowest BCUT2D eigenvalue weighted by Gasteiger charge is -2.22. The summed E-state index contributed by atoms with van der Waals surface area (Å²) in [6, 6.07) is 2.43. The van der Waals surface area contributed by atoms with Gasteiger partial charge in [-0.25, -0.2) is 0 Å². The van der Waals surface area contributed by atoms with Crippen molar-refractivity contribution in [3.63, 3.8) is 0 Å². The minimum absolute atomic E-state index is 0.170. The van der Waals surface area contributed by atoms with Crippen molar-refractivity contribution in [3.8, 4) is 11.5 Å². The van der Waals surface area contributed by atoms with E-state index in [0.717, 1.165) is 0 Å². The number of hydrogen-bond acceptors (Lipinski definition) is 4. The molecule has 0 aliphatic rings. The molecule has 1 aromatic rings. The number of rotatable bonds is 6. The van der Waals surface area contributed by atoms with E-state index in [4.69, 9.17) is 14.0 Å². The number of benzene rings is 1. The SMILES string of the molecule is CC(C)Oc1c(Br)cc(OC(CS(=O)(=O)O)C(F)(F)F)cc1Br. The van der Waals surface area contributed by atoms with E-state index >= 15 is 0 Å². The van der Waals surface area contributed by atoms with Crippen molar-refractivity contribution in [3.05, 3.63) is 21.1 Å². The minimum atomic E-state index is -4.97. The zero-order chi connectivity index (χ0) is 18.0. The van der Waals surface area contributed by atoms with Gasteiger partial charge in [0.15, 0.2) is 0 Å². The average Bonchev–Trinajstić information content (AvgIpc) is 2.30. The van der Waals surface area contributed by atoms with Gasteiger partial charge >= 0.3 is 6.18 Å². The zero-order valence-electron chi connectivity index (χ0n) is 11.9. The van der Waals surface area contributed by atoms with Crippen LogP contribution in [0.4, 0.5) is 13.2 Å². The van der Waals surface area contributed by atoms with Crippen molar-refractivity contribution < 1.29 is 35.6 Å². The van der Waals surface area contributed by atoms with Gasteiger partial charge in [0.2, 0.25) is 6.10 Å². The molecule has 1 N–H and O–H groups in total. The van der Waals surface area contributed by atoms with Crippen molar-refractivity contribution in [1.29, 1.82) is 0 Å². The van der Waals surface area contributed by atoms with Gasteiger partial charge in [0, 0.05) is 0 Å². The standard InChI is InChI=1S/C12H13Br2F3O5S/c1-6(2)21-11-8(13)3-7(4-9(11)14)22-10(12(15,16)17)5-23(18,19)20/h3-4,6,10H,5H2,1-2H3,(H,18,19,20). The molecule has 11 heteroatoms. The van der Waals surface area contributed by atoms with Gasteiger partial charge in [-0.1, -0.05) is 0 Å². The molecular weight excluding hydrogens is 473 g/mol. The van der Waals surface area contributed by atoms with Crippen LogP contribution in [0.2, 0.25) is 0 Å². The largest absolute Gasteiger partial charge is 0.489 e. The first-order valence-corrected chi connectivity index (χ1v) is 9.33. The fourth-order valence-electron chi connectivity index (χ4n) is 1.50. The topological polar surface area (TPSA) is 72.8 Å². The van der Waals surface area contributed by atoms with Crippen LogP contribution in [0, 0.1) is 0 Å². The lowest BCUT2D eigenvalue weighted by molar-refractivity contribution is -0.188. The Kier molecular flexibility index (Phi) is 6.76. The lowest BCUT2D eigenvalue weighted by atomic mass is 10.3. The van der Waals surface area contributed by atoms with Gasteiger partial charge in [0.1, 0.15) is 17.3 Å². The van der Waals surface area contributed by atoms with E-state index in [-0.39, 0.29) is 11.9 Å². The number of alkyl halides is 3. The van der Waals surface area contributed by atoms with Crippen LogP contribution in [0.3, 0.4) is 0 Å². The van der Waals surface area contributed by atoms with E-state index in [1.165, 1.54) is 12.1 Å². The summed E-state index contributed by atoms with van der Waals surface area (Å²) in [5.41, 5.74) is 0. The fourth-order valence-corrected chi connectivity index (χ4v) is 3.47. The van der Waals surface area contributed by atoms with Gasteiger partial charge in [-0.15, -0.1) is 0 Å². The average molecular weight is 486 g/mol. The maximum Gasteiger partial charge on any atom is 0.426 e. The van der Waals surface area contributed by atoms with E-state index in [9.17, 15) is 21.6 Å². The van der Waals surface area contributed by atoms with Crippen molar-refractivity contribution in [2.24, 2.45) is 0 Å². The predicted molar refractivity (Wildman–Crippen MR) is 84.5 cm³/mol. The molecule has 0 bridgehead atoms. The smallest absolute Gasteiger partial charge is 0.426 e. The summed E-state index contributed by atoms with van der Waals surface area (Å²) < 4.78 is 79.4. The third kappa shape index (κ3) is 6.86. The summed E-state index contributed by atoms with van der Waals surface area (Å²) in [5.74, 6) is -1.48. The summed E-state index contributed by atoms with van der Waals surface area (Å²) in [6.45, 7) is 3.55. The predicted octanol–water partition coefficient (Wildman–Crippen LogP) is 4.20. The molecular formula is C12H13Br2F3O5S. The highest BCUT2D eigenvalue weighted by Crippen LogP contribution is 2.39. The van der Waals surface area contributed by atoms with Gasteiger partial charge in [-0.3, -0.25) is 4.55 Å². The summed E-state index contributed by atoms with van der Waals surface area (Å²) >= 11 is 6.29. The molecule has 0 spiro atoms. The van der Waals surface area contributed by atoms with E-state index in [0.29, 0.717) is 14.7 Å². The molecule has 1 atom stereocenters. The molecule has 0 aromatic heterocycles. The van der Waals surface area contributed by atoms with Crippen LogP contribution in [-0.4, -0.2) is 37.1 Å². The summed E-state index contributed by atoms with van der Waals surface area (Å²) in [4.78, 5) is 0. The quantitative estimate of drug-likeness (QED) is 0.611. The molecule has 0 saturated carbocycles. The summed E-state index contributed by atoms with van der Waals surface area (Å²) in [6.07, 6.45) is -7.84. The van der Waals surface area contributed by atoms with Gasteiger partial charge in [-0.05, 0) is 57.8 Å². The first-order chi connectivity index (χ1) is 10.3. The monoisotopic (exact) mass is 484 g/mol. The Balaban J connectivity index is 3.10. The molecule has 0 aliphatic carbocycles. The molecule has 1 rings (SSSR count). The maximum atomic E-state index is 12.8. The van der Waals surface area contributed by atoms with Gasteiger partial charge in [0.05, 0.1) is 15.0 Å². The lowest BCUT2D eigenvalue weighted by Crippen LogP contribution is -2.40. The second-order valence-electron chi connectivity index (χ2n) is 4.78. The molecule has 0 amide bonds. The Bertz CT molecular complexity index is 638. The Morgan fingerprint density at radius 3 is 2.00 bits per heavy atom. The molecule has 0 aliphatic heterocycles. The van der Waals surface area contributed by atoms with Crippen LogP contribution in [0.5, 0.6) is 11.5 Å². The van der Waals surface area contributed by atoms with E-state index in [2.05, 4.69) is 31.9 Å². The molecule has 132 valence electrons. The number of ether oxygens (including phenoxy) is 2.